The lowest BCUT2D eigenvalue weighted by Crippen LogP contribution is -2.38. The van der Waals surface area contributed by atoms with Crippen LogP contribution in [0, 0.1) is 0 Å². The lowest BCUT2D eigenvalue weighted by atomic mass is 9.94. The summed E-state index contributed by atoms with van der Waals surface area (Å²) in [5.41, 5.74) is 1.60. The first-order chi connectivity index (χ1) is 13.9. The molecule has 0 N–H and O–H groups in total. The number of ether oxygens (including phenoxy) is 1. The molecule has 4 rings (SSSR count). The predicted octanol–water partition coefficient (Wildman–Crippen LogP) is 3.80. The van der Waals surface area contributed by atoms with E-state index in [0.29, 0.717) is 31.6 Å². The third-order valence-electron chi connectivity index (χ3n) is 5.04. The van der Waals surface area contributed by atoms with E-state index in [1.165, 1.54) is 28.6 Å². The minimum absolute atomic E-state index is 0.0607. The lowest BCUT2D eigenvalue weighted by molar-refractivity contribution is -0.0498. The summed E-state index contributed by atoms with van der Waals surface area (Å²) in [6.45, 7) is -2.22. The van der Waals surface area contributed by atoms with E-state index in [2.05, 4.69) is 14.7 Å². The van der Waals surface area contributed by atoms with Crippen LogP contribution in [-0.4, -0.2) is 42.4 Å². The van der Waals surface area contributed by atoms with Crippen molar-refractivity contribution in [1.29, 1.82) is 0 Å². The molecule has 1 aliphatic rings. The molecule has 0 amide bonds. The van der Waals surface area contributed by atoms with Crippen molar-refractivity contribution in [3.05, 3.63) is 60.4 Å². The van der Waals surface area contributed by atoms with Gasteiger partial charge in [0.1, 0.15) is 5.75 Å². The fraction of sp³-hybridized carbons (Fsp3) is 0.300. The van der Waals surface area contributed by atoms with E-state index >= 15 is 0 Å². The summed E-state index contributed by atoms with van der Waals surface area (Å²) in [7, 11) is -3.69. The van der Waals surface area contributed by atoms with Crippen molar-refractivity contribution >= 4 is 21.1 Å². The van der Waals surface area contributed by atoms with Crippen LogP contribution in [0.4, 0.5) is 8.78 Å². The Morgan fingerprint density at radius 1 is 1.03 bits per heavy atom. The minimum Gasteiger partial charge on any atom is -0.435 e. The second-order valence-corrected chi connectivity index (χ2v) is 8.75. The molecule has 6 nitrogen and oxygen atoms in total. The SMILES string of the molecule is O=S(=O)(c1ccc(OC(F)F)cc1)N1CCC(c2ccc3cccnc3n2)CC1. The number of fused-ring (bicyclic) bond motifs is 1. The molecule has 0 saturated carbocycles. The Labute approximate surface area is 167 Å². The van der Waals surface area contributed by atoms with Gasteiger partial charge in [0.15, 0.2) is 5.65 Å². The summed E-state index contributed by atoms with van der Waals surface area (Å²) in [4.78, 5) is 8.96. The summed E-state index contributed by atoms with van der Waals surface area (Å²) in [6.07, 6.45) is 3.00. The van der Waals surface area contributed by atoms with Gasteiger partial charge in [-0.05, 0) is 61.4 Å². The van der Waals surface area contributed by atoms with Gasteiger partial charge in [-0.1, -0.05) is 0 Å². The number of alkyl halides is 2. The Morgan fingerprint density at radius 2 is 1.76 bits per heavy atom. The molecule has 1 aliphatic heterocycles. The van der Waals surface area contributed by atoms with Crippen molar-refractivity contribution in [2.24, 2.45) is 0 Å². The minimum atomic E-state index is -3.69. The van der Waals surface area contributed by atoms with Crippen molar-refractivity contribution in [1.82, 2.24) is 14.3 Å². The summed E-state index contributed by atoms with van der Waals surface area (Å²) in [5, 5.41) is 0.968. The van der Waals surface area contributed by atoms with Gasteiger partial charge >= 0.3 is 6.61 Å². The first-order valence-electron chi connectivity index (χ1n) is 9.20. The monoisotopic (exact) mass is 419 g/mol. The number of sulfonamides is 1. The van der Waals surface area contributed by atoms with Gasteiger partial charge < -0.3 is 4.74 Å². The number of piperidine rings is 1. The van der Waals surface area contributed by atoms with Crippen LogP contribution < -0.4 is 4.74 Å². The van der Waals surface area contributed by atoms with Gasteiger partial charge in [-0.2, -0.15) is 13.1 Å². The first kappa shape index (κ1) is 19.7. The van der Waals surface area contributed by atoms with E-state index in [4.69, 9.17) is 0 Å². The Bertz CT molecular complexity index is 1100. The van der Waals surface area contributed by atoms with Crippen molar-refractivity contribution in [2.75, 3.05) is 13.1 Å². The van der Waals surface area contributed by atoms with E-state index in [9.17, 15) is 17.2 Å². The fourth-order valence-corrected chi connectivity index (χ4v) is 5.00. The smallest absolute Gasteiger partial charge is 0.387 e. The third kappa shape index (κ3) is 4.20. The molecule has 1 fully saturated rings. The van der Waals surface area contributed by atoms with Crippen molar-refractivity contribution < 1.29 is 21.9 Å². The van der Waals surface area contributed by atoms with E-state index in [0.717, 1.165) is 11.1 Å². The highest BCUT2D eigenvalue weighted by Crippen LogP contribution is 2.31. The molecule has 0 spiro atoms. The van der Waals surface area contributed by atoms with Crippen LogP contribution in [0.1, 0.15) is 24.5 Å². The van der Waals surface area contributed by atoms with Crippen LogP contribution in [0.2, 0.25) is 0 Å². The third-order valence-corrected chi connectivity index (χ3v) is 6.96. The Kier molecular flexibility index (Phi) is 5.42. The first-order valence-corrected chi connectivity index (χ1v) is 10.6. The molecular formula is C20H19F2N3O3S. The van der Waals surface area contributed by atoms with Gasteiger partial charge in [0.05, 0.1) is 4.90 Å². The largest absolute Gasteiger partial charge is 0.435 e. The highest BCUT2D eigenvalue weighted by atomic mass is 32.2. The number of rotatable bonds is 5. The van der Waals surface area contributed by atoms with E-state index in [-0.39, 0.29) is 16.6 Å². The molecular weight excluding hydrogens is 400 g/mol. The summed E-state index contributed by atoms with van der Waals surface area (Å²) >= 11 is 0. The number of aromatic nitrogens is 2. The maximum absolute atomic E-state index is 12.9. The molecule has 0 atom stereocenters. The Balaban J connectivity index is 1.45. The number of nitrogens with zero attached hydrogens (tertiary/aromatic N) is 3. The molecule has 9 heteroatoms. The van der Waals surface area contributed by atoms with Crippen LogP contribution >= 0.6 is 0 Å². The van der Waals surface area contributed by atoms with Crippen LogP contribution in [0.5, 0.6) is 5.75 Å². The van der Waals surface area contributed by atoms with E-state index in [1.54, 1.807) is 6.20 Å². The zero-order chi connectivity index (χ0) is 20.4. The highest BCUT2D eigenvalue weighted by molar-refractivity contribution is 7.89. The maximum atomic E-state index is 12.9. The van der Waals surface area contributed by atoms with Crippen molar-refractivity contribution in [2.45, 2.75) is 30.3 Å². The second-order valence-electron chi connectivity index (χ2n) is 6.81. The van der Waals surface area contributed by atoms with Gasteiger partial charge in [0.25, 0.3) is 0 Å². The van der Waals surface area contributed by atoms with E-state index < -0.39 is 16.6 Å². The molecule has 152 valence electrons. The van der Waals surface area contributed by atoms with Gasteiger partial charge in [-0.25, -0.2) is 18.4 Å². The standard InChI is InChI=1S/C20H19F2N3O3S/c21-20(22)28-16-4-6-17(7-5-16)29(26,27)25-12-9-14(10-13-25)18-8-3-15-2-1-11-23-19(15)24-18/h1-8,11,14,20H,9-10,12-13H2. The normalized spacial score (nSPS) is 16.4. The van der Waals surface area contributed by atoms with Gasteiger partial charge in [0.2, 0.25) is 10.0 Å². The lowest BCUT2D eigenvalue weighted by Gasteiger charge is -2.31. The van der Waals surface area contributed by atoms with Crippen molar-refractivity contribution in [3.8, 4) is 5.75 Å². The molecule has 1 saturated heterocycles. The van der Waals surface area contributed by atoms with Crippen LogP contribution in [0.25, 0.3) is 11.0 Å². The average Bonchev–Trinajstić information content (AvgIpc) is 2.73. The van der Waals surface area contributed by atoms with Gasteiger partial charge in [-0.3, -0.25) is 0 Å². The average molecular weight is 419 g/mol. The zero-order valence-corrected chi connectivity index (χ0v) is 16.2. The topological polar surface area (TPSA) is 72.4 Å². The van der Waals surface area contributed by atoms with Gasteiger partial charge in [-0.15, -0.1) is 0 Å². The molecule has 0 aliphatic carbocycles. The predicted molar refractivity (Wildman–Crippen MR) is 103 cm³/mol. The molecule has 0 radical (unpaired) electrons. The Morgan fingerprint density at radius 3 is 2.45 bits per heavy atom. The molecule has 0 bridgehead atoms. The molecule has 29 heavy (non-hydrogen) atoms. The second kappa shape index (κ2) is 8.00. The molecule has 1 aromatic carbocycles. The summed E-state index contributed by atoms with van der Waals surface area (Å²) < 4.78 is 55.9. The molecule has 2 aromatic heterocycles. The molecule has 0 unspecified atom stereocenters. The fourth-order valence-electron chi connectivity index (χ4n) is 3.53. The zero-order valence-electron chi connectivity index (χ0n) is 15.4. The summed E-state index contributed by atoms with van der Waals surface area (Å²) in [5.74, 6) is 0.0864. The van der Waals surface area contributed by atoms with E-state index in [1.807, 2.05) is 24.3 Å². The Hall–Kier alpha value is -2.65. The maximum Gasteiger partial charge on any atom is 0.387 e. The number of benzene rings is 1. The van der Waals surface area contributed by atoms with Crippen molar-refractivity contribution in [3.63, 3.8) is 0 Å². The van der Waals surface area contributed by atoms with Crippen LogP contribution in [0.3, 0.4) is 0 Å². The van der Waals surface area contributed by atoms with Gasteiger partial charge in [0, 0.05) is 36.3 Å². The molecule has 3 heterocycles. The number of pyridine rings is 2. The van der Waals surface area contributed by atoms with Crippen LogP contribution in [-0.2, 0) is 10.0 Å². The number of halogens is 2. The molecule has 3 aromatic rings. The number of hydrogen-bond donors (Lipinski definition) is 0. The quantitative estimate of drug-likeness (QED) is 0.629. The van der Waals surface area contributed by atoms with Crippen LogP contribution in [0.15, 0.2) is 59.6 Å². The number of hydrogen-bond acceptors (Lipinski definition) is 5. The summed E-state index contributed by atoms with van der Waals surface area (Å²) in [6, 6.07) is 12.8. The highest BCUT2D eigenvalue weighted by Gasteiger charge is 2.30.